The Kier molecular flexibility index (Phi) is 2.23. The van der Waals surface area contributed by atoms with Gasteiger partial charge in [-0.15, -0.1) is 0 Å². The molecule has 2 N–H and O–H groups in total. The maximum atomic E-state index is 14.3. The Morgan fingerprint density at radius 1 is 1.35 bits per heavy atom. The minimum atomic E-state index is -0.546. The molecular formula is C13H13F2NO. The van der Waals surface area contributed by atoms with Crippen LogP contribution in [0.2, 0.25) is 0 Å². The van der Waals surface area contributed by atoms with Crippen LogP contribution in [0.4, 0.5) is 8.78 Å². The Morgan fingerprint density at radius 3 is 2.71 bits per heavy atom. The number of rotatable bonds is 2. The number of halogens is 2. The van der Waals surface area contributed by atoms with Gasteiger partial charge >= 0.3 is 0 Å². The Bertz CT molecular complexity index is 567. The highest BCUT2D eigenvalue weighted by Gasteiger charge is 2.42. The first-order valence-corrected chi connectivity index (χ1v) is 5.74. The third-order valence-corrected chi connectivity index (χ3v) is 3.88. The summed E-state index contributed by atoms with van der Waals surface area (Å²) in [4.78, 5) is 0. The summed E-state index contributed by atoms with van der Waals surface area (Å²) in [5, 5.41) is 0.334. The molecule has 4 heteroatoms. The number of fused-ring (bicyclic) bond motifs is 1. The molecule has 2 nitrogen and oxygen atoms in total. The number of hydrogen-bond acceptors (Lipinski definition) is 2. The zero-order valence-electron chi connectivity index (χ0n) is 9.30. The second-order valence-corrected chi connectivity index (χ2v) is 4.72. The van der Waals surface area contributed by atoms with Crippen molar-refractivity contribution in [3.63, 3.8) is 0 Å². The minimum absolute atomic E-state index is 0.139. The molecule has 0 radical (unpaired) electrons. The van der Waals surface area contributed by atoms with Crippen molar-refractivity contribution in [1.29, 1.82) is 0 Å². The van der Waals surface area contributed by atoms with Crippen molar-refractivity contribution < 1.29 is 13.2 Å². The molecule has 0 saturated heterocycles. The van der Waals surface area contributed by atoms with Crippen molar-refractivity contribution >= 4 is 11.0 Å². The Balaban J connectivity index is 2.28. The monoisotopic (exact) mass is 237 g/mol. The normalized spacial score (nSPS) is 18.3. The van der Waals surface area contributed by atoms with Gasteiger partial charge in [0.15, 0.2) is 0 Å². The van der Waals surface area contributed by atoms with Crippen LogP contribution in [0.15, 0.2) is 22.8 Å². The predicted molar refractivity (Wildman–Crippen MR) is 60.7 cm³/mol. The van der Waals surface area contributed by atoms with Gasteiger partial charge in [0.25, 0.3) is 0 Å². The third-order valence-electron chi connectivity index (χ3n) is 3.88. The van der Waals surface area contributed by atoms with Gasteiger partial charge in [0.05, 0.1) is 11.6 Å². The number of hydrogen-bond donors (Lipinski definition) is 1. The quantitative estimate of drug-likeness (QED) is 0.871. The topological polar surface area (TPSA) is 39.2 Å². The van der Waals surface area contributed by atoms with Gasteiger partial charge in [-0.25, -0.2) is 8.78 Å². The average Bonchev–Trinajstić information content (AvgIpc) is 2.69. The van der Waals surface area contributed by atoms with Crippen LogP contribution in [0, 0.1) is 11.6 Å². The molecule has 90 valence electrons. The van der Waals surface area contributed by atoms with Gasteiger partial charge in [-0.2, -0.15) is 0 Å². The first-order chi connectivity index (χ1) is 8.18. The van der Waals surface area contributed by atoms with E-state index in [4.69, 9.17) is 10.2 Å². The Morgan fingerprint density at radius 2 is 2.12 bits per heavy atom. The first-order valence-electron chi connectivity index (χ1n) is 5.74. The van der Waals surface area contributed by atoms with Crippen LogP contribution in [0.1, 0.15) is 24.8 Å². The summed E-state index contributed by atoms with van der Waals surface area (Å²) in [5.41, 5.74) is 5.57. The second kappa shape index (κ2) is 3.53. The van der Waals surface area contributed by atoms with Gasteiger partial charge in [-0.05, 0) is 18.9 Å². The standard InChI is InChI=1S/C13H13F2NO/c14-9-6-10-8(2-5-17-10)12(15)11(9)13(7-16)3-1-4-13/h2,5-6H,1,3-4,7,16H2. The lowest BCUT2D eigenvalue weighted by atomic mass is 9.64. The van der Waals surface area contributed by atoms with E-state index < -0.39 is 17.0 Å². The van der Waals surface area contributed by atoms with Crippen molar-refractivity contribution in [2.45, 2.75) is 24.7 Å². The summed E-state index contributed by atoms with van der Waals surface area (Å²) >= 11 is 0. The predicted octanol–water partition coefficient (Wildman–Crippen LogP) is 3.09. The molecule has 1 saturated carbocycles. The lowest BCUT2D eigenvalue weighted by Gasteiger charge is -2.41. The molecule has 1 aromatic heterocycles. The van der Waals surface area contributed by atoms with E-state index in [2.05, 4.69) is 0 Å². The van der Waals surface area contributed by atoms with Crippen LogP contribution < -0.4 is 5.73 Å². The number of nitrogens with two attached hydrogens (primary N) is 1. The number of furan rings is 1. The SMILES string of the molecule is NCC1(c2c(F)cc3occc3c2F)CCC1. The highest BCUT2D eigenvalue weighted by atomic mass is 19.1. The van der Waals surface area contributed by atoms with Gasteiger partial charge in [0.2, 0.25) is 0 Å². The molecule has 0 spiro atoms. The molecule has 0 unspecified atom stereocenters. The smallest absolute Gasteiger partial charge is 0.141 e. The van der Waals surface area contributed by atoms with Crippen molar-refractivity contribution in [2.75, 3.05) is 6.54 Å². The van der Waals surface area contributed by atoms with Crippen molar-refractivity contribution in [3.8, 4) is 0 Å². The minimum Gasteiger partial charge on any atom is -0.464 e. The summed E-state index contributed by atoms with van der Waals surface area (Å²) in [6.07, 6.45) is 3.84. The van der Waals surface area contributed by atoms with Crippen molar-refractivity contribution in [2.24, 2.45) is 5.73 Å². The van der Waals surface area contributed by atoms with Gasteiger partial charge in [0.1, 0.15) is 17.2 Å². The largest absolute Gasteiger partial charge is 0.464 e. The fraction of sp³-hybridized carbons (Fsp3) is 0.385. The van der Waals surface area contributed by atoms with Gasteiger partial charge in [-0.1, -0.05) is 6.42 Å². The first kappa shape index (κ1) is 10.7. The van der Waals surface area contributed by atoms with E-state index >= 15 is 0 Å². The zero-order chi connectivity index (χ0) is 12.0. The summed E-state index contributed by atoms with van der Waals surface area (Å²) in [6, 6.07) is 2.78. The molecule has 0 amide bonds. The number of benzene rings is 1. The van der Waals surface area contributed by atoms with Crippen LogP contribution in [0.3, 0.4) is 0 Å². The van der Waals surface area contributed by atoms with Crippen molar-refractivity contribution in [1.82, 2.24) is 0 Å². The van der Waals surface area contributed by atoms with E-state index in [-0.39, 0.29) is 17.7 Å². The lowest BCUT2D eigenvalue weighted by molar-refractivity contribution is 0.236. The van der Waals surface area contributed by atoms with Crippen LogP contribution in [0.5, 0.6) is 0 Å². The molecular weight excluding hydrogens is 224 g/mol. The molecule has 1 fully saturated rings. The molecule has 2 aromatic rings. The maximum Gasteiger partial charge on any atom is 0.141 e. The van der Waals surface area contributed by atoms with Crippen LogP contribution in [-0.2, 0) is 5.41 Å². The molecule has 17 heavy (non-hydrogen) atoms. The van der Waals surface area contributed by atoms with Gasteiger partial charge < -0.3 is 10.2 Å². The van der Waals surface area contributed by atoms with E-state index in [9.17, 15) is 8.78 Å². The van der Waals surface area contributed by atoms with E-state index in [1.807, 2.05) is 0 Å². The van der Waals surface area contributed by atoms with Gasteiger partial charge in [0, 0.05) is 23.6 Å². The molecule has 1 heterocycles. The summed E-state index contributed by atoms with van der Waals surface area (Å²) in [6.45, 7) is 0.282. The van der Waals surface area contributed by atoms with E-state index in [0.717, 1.165) is 19.3 Å². The highest BCUT2D eigenvalue weighted by molar-refractivity contribution is 5.79. The molecule has 1 aromatic carbocycles. The molecule has 0 aliphatic heterocycles. The van der Waals surface area contributed by atoms with Gasteiger partial charge in [-0.3, -0.25) is 0 Å². The summed E-state index contributed by atoms with van der Waals surface area (Å²) in [7, 11) is 0. The van der Waals surface area contributed by atoms with Crippen LogP contribution >= 0.6 is 0 Å². The molecule has 1 aliphatic rings. The Hall–Kier alpha value is -1.42. The van der Waals surface area contributed by atoms with Crippen LogP contribution in [-0.4, -0.2) is 6.54 Å². The van der Waals surface area contributed by atoms with E-state index in [1.165, 1.54) is 18.4 Å². The molecule has 0 atom stereocenters. The zero-order valence-corrected chi connectivity index (χ0v) is 9.30. The summed E-state index contributed by atoms with van der Waals surface area (Å²) in [5.74, 6) is -1.06. The van der Waals surface area contributed by atoms with Crippen molar-refractivity contribution in [3.05, 3.63) is 35.6 Å². The Labute approximate surface area is 97.4 Å². The maximum absolute atomic E-state index is 14.3. The molecule has 1 aliphatic carbocycles. The second-order valence-electron chi connectivity index (χ2n) is 4.72. The highest BCUT2D eigenvalue weighted by Crippen LogP contribution is 2.46. The average molecular weight is 237 g/mol. The lowest BCUT2D eigenvalue weighted by Crippen LogP contribution is -2.43. The summed E-state index contributed by atoms with van der Waals surface area (Å²) < 4.78 is 33.3. The molecule has 3 rings (SSSR count). The fourth-order valence-electron chi connectivity index (χ4n) is 2.69. The molecule has 0 bridgehead atoms. The third kappa shape index (κ3) is 1.33. The fourth-order valence-corrected chi connectivity index (χ4v) is 2.69. The van der Waals surface area contributed by atoms with E-state index in [1.54, 1.807) is 0 Å². The van der Waals surface area contributed by atoms with E-state index in [0.29, 0.717) is 5.39 Å². The van der Waals surface area contributed by atoms with Crippen LogP contribution in [0.25, 0.3) is 11.0 Å².